The zero-order chi connectivity index (χ0) is 14.6. The Labute approximate surface area is 113 Å². The topological polar surface area (TPSA) is 92.5 Å². The smallest absolute Gasteiger partial charge is 0.254 e. The average molecular weight is 285 g/mol. The van der Waals surface area contributed by atoms with E-state index in [1.54, 1.807) is 7.05 Å². The molecule has 0 aromatic heterocycles. The lowest BCUT2D eigenvalue weighted by Crippen LogP contribution is -2.30. The van der Waals surface area contributed by atoms with Crippen LogP contribution in [-0.4, -0.2) is 39.9 Å². The normalized spacial score (nSPS) is 11.3. The molecule has 1 rings (SSSR count). The second-order valence-corrected chi connectivity index (χ2v) is 6.04. The third-order valence-corrected chi connectivity index (χ3v) is 4.15. The molecule has 19 heavy (non-hydrogen) atoms. The van der Waals surface area contributed by atoms with Crippen molar-refractivity contribution in [2.75, 3.05) is 26.4 Å². The Morgan fingerprint density at radius 1 is 1.42 bits per heavy atom. The van der Waals surface area contributed by atoms with Crippen LogP contribution in [0.4, 0.5) is 5.69 Å². The van der Waals surface area contributed by atoms with Gasteiger partial charge in [-0.2, -0.15) is 0 Å². The van der Waals surface area contributed by atoms with Gasteiger partial charge in [-0.15, -0.1) is 0 Å². The van der Waals surface area contributed by atoms with Crippen LogP contribution in [0, 0.1) is 0 Å². The summed E-state index contributed by atoms with van der Waals surface area (Å²) in [7, 11) is -0.791. The van der Waals surface area contributed by atoms with Crippen molar-refractivity contribution < 1.29 is 13.2 Å². The molecule has 0 saturated heterocycles. The van der Waals surface area contributed by atoms with Gasteiger partial charge in [0.2, 0.25) is 10.0 Å². The minimum atomic E-state index is -3.72. The molecule has 0 unspecified atom stereocenters. The van der Waals surface area contributed by atoms with Crippen molar-refractivity contribution in [3.8, 4) is 0 Å². The van der Waals surface area contributed by atoms with Crippen molar-refractivity contribution in [3.63, 3.8) is 0 Å². The highest BCUT2D eigenvalue weighted by Gasteiger charge is 2.23. The summed E-state index contributed by atoms with van der Waals surface area (Å²) in [6.07, 6.45) is 0.797. The Balaban J connectivity index is 3.33. The van der Waals surface area contributed by atoms with Crippen molar-refractivity contribution in [1.29, 1.82) is 0 Å². The molecule has 0 fully saturated rings. The maximum Gasteiger partial charge on any atom is 0.254 e. The van der Waals surface area contributed by atoms with E-state index in [-0.39, 0.29) is 16.4 Å². The highest BCUT2D eigenvalue weighted by molar-refractivity contribution is 7.89. The van der Waals surface area contributed by atoms with Crippen molar-refractivity contribution in [2.45, 2.75) is 18.2 Å². The summed E-state index contributed by atoms with van der Waals surface area (Å²) in [5.74, 6) is -0.337. The van der Waals surface area contributed by atoms with Gasteiger partial charge in [0.15, 0.2) is 0 Å². The summed E-state index contributed by atoms with van der Waals surface area (Å²) in [6, 6.07) is 4.24. The summed E-state index contributed by atoms with van der Waals surface area (Å²) >= 11 is 0. The van der Waals surface area contributed by atoms with E-state index in [1.807, 2.05) is 6.92 Å². The van der Waals surface area contributed by atoms with Gasteiger partial charge in [-0.05, 0) is 31.7 Å². The summed E-state index contributed by atoms with van der Waals surface area (Å²) in [6.45, 7) is 2.50. The first-order valence-electron chi connectivity index (χ1n) is 5.92. The molecule has 0 atom stereocenters. The van der Waals surface area contributed by atoms with E-state index in [0.717, 1.165) is 6.42 Å². The van der Waals surface area contributed by atoms with Crippen LogP contribution in [0.5, 0.6) is 0 Å². The van der Waals surface area contributed by atoms with Gasteiger partial charge in [0.05, 0.1) is 10.5 Å². The van der Waals surface area contributed by atoms with Crippen molar-refractivity contribution in [2.24, 2.45) is 0 Å². The number of carbonyl (C=O) groups is 1. The number of sulfonamides is 1. The number of nitrogens with zero attached hydrogens (tertiary/aromatic N) is 1. The molecule has 0 bridgehead atoms. The number of amides is 1. The average Bonchev–Trinajstić information content (AvgIpc) is 2.38. The van der Waals surface area contributed by atoms with Gasteiger partial charge in [0, 0.05) is 19.3 Å². The van der Waals surface area contributed by atoms with Gasteiger partial charge < -0.3 is 10.6 Å². The molecule has 0 aliphatic heterocycles. The number of nitrogens with one attached hydrogen (secondary N) is 1. The summed E-state index contributed by atoms with van der Waals surface area (Å²) < 4.78 is 26.0. The van der Waals surface area contributed by atoms with Crippen molar-refractivity contribution in [3.05, 3.63) is 23.8 Å². The van der Waals surface area contributed by atoms with Gasteiger partial charge in [-0.1, -0.05) is 6.92 Å². The fourth-order valence-electron chi connectivity index (χ4n) is 1.69. The number of anilines is 1. The number of nitrogens with two attached hydrogens (primary N) is 1. The first kappa shape index (κ1) is 15.5. The van der Waals surface area contributed by atoms with Crippen LogP contribution in [0.2, 0.25) is 0 Å². The molecule has 106 valence electrons. The lowest BCUT2D eigenvalue weighted by Gasteiger charge is -2.18. The fraction of sp³-hybridized carbons (Fsp3) is 0.417. The highest BCUT2D eigenvalue weighted by atomic mass is 32.2. The van der Waals surface area contributed by atoms with Gasteiger partial charge in [-0.25, -0.2) is 13.1 Å². The number of nitrogen functional groups attached to an aromatic ring is 1. The number of hydrogen-bond donors (Lipinski definition) is 2. The zero-order valence-electron chi connectivity index (χ0n) is 11.3. The second-order valence-electron chi connectivity index (χ2n) is 4.19. The first-order chi connectivity index (χ1) is 8.83. The Bertz CT molecular complexity index is 570. The molecule has 1 aromatic carbocycles. The highest BCUT2D eigenvalue weighted by Crippen LogP contribution is 2.20. The van der Waals surface area contributed by atoms with E-state index in [1.165, 1.54) is 30.1 Å². The molecule has 0 saturated carbocycles. The van der Waals surface area contributed by atoms with Crippen LogP contribution in [0.25, 0.3) is 0 Å². The Kier molecular flexibility index (Phi) is 4.90. The standard InChI is InChI=1S/C12H19N3O3S/c1-4-7-15(3)12(16)10-6-5-9(13)8-11(10)19(17,18)14-2/h5-6,8,14H,4,7,13H2,1-3H3. The minimum absolute atomic E-state index is 0.0945. The predicted octanol–water partition coefficient (Wildman–Crippen LogP) is 0.659. The number of benzene rings is 1. The molecule has 6 nitrogen and oxygen atoms in total. The van der Waals surface area contributed by atoms with E-state index in [2.05, 4.69) is 4.72 Å². The molecule has 0 aliphatic carbocycles. The maximum absolute atomic E-state index is 12.2. The third-order valence-electron chi connectivity index (χ3n) is 2.70. The number of hydrogen-bond acceptors (Lipinski definition) is 4. The van der Waals surface area contributed by atoms with Gasteiger partial charge in [0.1, 0.15) is 0 Å². The van der Waals surface area contributed by atoms with E-state index in [4.69, 9.17) is 5.73 Å². The molecule has 0 aliphatic rings. The first-order valence-corrected chi connectivity index (χ1v) is 7.40. The molecule has 1 amide bonds. The van der Waals surface area contributed by atoms with Crippen LogP contribution < -0.4 is 10.5 Å². The largest absolute Gasteiger partial charge is 0.399 e. The summed E-state index contributed by atoms with van der Waals surface area (Å²) in [4.78, 5) is 13.6. The second kappa shape index (κ2) is 6.03. The Morgan fingerprint density at radius 3 is 2.58 bits per heavy atom. The van der Waals surface area contributed by atoms with Gasteiger partial charge in [0.25, 0.3) is 5.91 Å². The van der Waals surface area contributed by atoms with E-state index in [9.17, 15) is 13.2 Å². The van der Waals surface area contributed by atoms with E-state index >= 15 is 0 Å². The Morgan fingerprint density at radius 2 is 2.05 bits per heavy atom. The lowest BCUT2D eigenvalue weighted by atomic mass is 10.2. The van der Waals surface area contributed by atoms with E-state index in [0.29, 0.717) is 12.2 Å². The van der Waals surface area contributed by atoms with Crippen LogP contribution in [0.3, 0.4) is 0 Å². The predicted molar refractivity (Wildman–Crippen MR) is 74.4 cm³/mol. The van der Waals surface area contributed by atoms with Crippen LogP contribution in [0.1, 0.15) is 23.7 Å². The lowest BCUT2D eigenvalue weighted by molar-refractivity contribution is 0.0791. The fourth-order valence-corrected chi connectivity index (χ4v) is 2.65. The van der Waals surface area contributed by atoms with Gasteiger partial charge in [-0.3, -0.25) is 4.79 Å². The summed E-state index contributed by atoms with van der Waals surface area (Å²) in [5.41, 5.74) is 6.02. The molecule has 0 heterocycles. The quantitative estimate of drug-likeness (QED) is 0.777. The third kappa shape index (κ3) is 3.45. The monoisotopic (exact) mass is 285 g/mol. The van der Waals surface area contributed by atoms with Crippen molar-refractivity contribution >= 4 is 21.6 Å². The summed E-state index contributed by atoms with van der Waals surface area (Å²) in [5, 5.41) is 0. The molecule has 0 radical (unpaired) electrons. The molecule has 1 aromatic rings. The Hall–Kier alpha value is -1.60. The van der Waals surface area contributed by atoms with Crippen LogP contribution in [0.15, 0.2) is 23.1 Å². The maximum atomic E-state index is 12.2. The zero-order valence-corrected chi connectivity index (χ0v) is 12.1. The number of rotatable bonds is 5. The SMILES string of the molecule is CCCN(C)C(=O)c1ccc(N)cc1S(=O)(=O)NC. The molecular formula is C12H19N3O3S. The van der Waals surface area contributed by atoms with Crippen LogP contribution >= 0.6 is 0 Å². The molecular weight excluding hydrogens is 266 g/mol. The molecule has 0 spiro atoms. The minimum Gasteiger partial charge on any atom is -0.399 e. The van der Waals surface area contributed by atoms with Gasteiger partial charge >= 0.3 is 0 Å². The molecule has 7 heteroatoms. The molecule has 3 N–H and O–H groups in total. The van der Waals surface area contributed by atoms with Crippen LogP contribution in [-0.2, 0) is 10.0 Å². The number of carbonyl (C=O) groups excluding carboxylic acids is 1. The van der Waals surface area contributed by atoms with E-state index < -0.39 is 10.0 Å². The van der Waals surface area contributed by atoms with Crippen molar-refractivity contribution in [1.82, 2.24) is 9.62 Å².